The Morgan fingerprint density at radius 2 is 1.74 bits per heavy atom. The van der Waals surface area contributed by atoms with Crippen LogP contribution in [0.2, 0.25) is 0 Å². The first-order valence-corrected chi connectivity index (χ1v) is 9.86. The van der Waals surface area contributed by atoms with E-state index in [4.69, 9.17) is 14.9 Å². The van der Waals surface area contributed by atoms with Crippen LogP contribution < -0.4 is 10.5 Å². The molecule has 0 fully saturated rings. The zero-order chi connectivity index (χ0) is 21.6. The van der Waals surface area contributed by atoms with E-state index in [0.29, 0.717) is 29.8 Å². The Morgan fingerprint density at radius 1 is 0.935 bits per heavy atom. The van der Waals surface area contributed by atoms with Crippen molar-refractivity contribution in [3.05, 3.63) is 54.9 Å². The van der Waals surface area contributed by atoms with Gasteiger partial charge in [0.15, 0.2) is 11.5 Å². The quantitative estimate of drug-likeness (QED) is 0.431. The predicted molar refractivity (Wildman–Crippen MR) is 117 cm³/mol. The highest BCUT2D eigenvalue weighted by Crippen LogP contribution is 2.27. The van der Waals surface area contributed by atoms with Gasteiger partial charge in [0.05, 0.1) is 18.5 Å². The van der Waals surface area contributed by atoms with Gasteiger partial charge < -0.3 is 19.8 Å². The number of aromatic nitrogens is 5. The van der Waals surface area contributed by atoms with Crippen molar-refractivity contribution in [2.24, 2.45) is 0 Å². The maximum absolute atomic E-state index is 6.02. The Labute approximate surface area is 180 Å². The van der Waals surface area contributed by atoms with Crippen molar-refractivity contribution in [2.45, 2.75) is 6.42 Å². The number of nitrogens with two attached hydrogens (primary N) is 1. The van der Waals surface area contributed by atoms with Gasteiger partial charge in [-0.15, -0.1) is 10.2 Å². The molecule has 0 atom stereocenters. The molecule has 9 heteroatoms. The van der Waals surface area contributed by atoms with Crippen LogP contribution in [-0.4, -0.2) is 57.3 Å². The molecular formula is C22H23N7O2. The molecule has 0 aliphatic heterocycles. The van der Waals surface area contributed by atoms with E-state index in [-0.39, 0.29) is 11.7 Å². The zero-order valence-electron chi connectivity index (χ0n) is 17.4. The molecule has 158 valence electrons. The van der Waals surface area contributed by atoms with E-state index in [2.05, 4.69) is 30.0 Å². The molecule has 1 aromatic carbocycles. The summed E-state index contributed by atoms with van der Waals surface area (Å²) < 4.78 is 11.5. The van der Waals surface area contributed by atoms with Crippen LogP contribution in [0, 0.1) is 0 Å². The summed E-state index contributed by atoms with van der Waals surface area (Å²) in [6.07, 6.45) is 4.20. The Kier molecular flexibility index (Phi) is 6.13. The number of ether oxygens (including phenoxy) is 1. The number of hydrogen-bond donors (Lipinski definition) is 1. The minimum atomic E-state index is 0.208. The number of pyridine rings is 1. The third-order valence-electron chi connectivity index (χ3n) is 4.48. The van der Waals surface area contributed by atoms with Crippen molar-refractivity contribution in [3.8, 4) is 40.2 Å². The molecule has 0 aliphatic carbocycles. The molecule has 31 heavy (non-hydrogen) atoms. The maximum atomic E-state index is 6.02. The van der Waals surface area contributed by atoms with Crippen LogP contribution in [0.1, 0.15) is 6.42 Å². The van der Waals surface area contributed by atoms with Crippen LogP contribution in [-0.2, 0) is 0 Å². The molecule has 3 aromatic heterocycles. The van der Waals surface area contributed by atoms with E-state index in [9.17, 15) is 0 Å². The molecule has 0 unspecified atom stereocenters. The van der Waals surface area contributed by atoms with Gasteiger partial charge in [0, 0.05) is 29.9 Å². The van der Waals surface area contributed by atoms with Crippen LogP contribution in [0.3, 0.4) is 0 Å². The lowest BCUT2D eigenvalue weighted by Gasteiger charge is -2.10. The first-order valence-electron chi connectivity index (χ1n) is 9.86. The van der Waals surface area contributed by atoms with Crippen LogP contribution in [0.15, 0.2) is 59.3 Å². The number of rotatable bonds is 8. The Morgan fingerprint density at radius 3 is 2.48 bits per heavy atom. The van der Waals surface area contributed by atoms with E-state index in [1.165, 1.54) is 0 Å². The van der Waals surface area contributed by atoms with Crippen molar-refractivity contribution in [1.82, 2.24) is 30.0 Å². The molecule has 0 radical (unpaired) electrons. The van der Waals surface area contributed by atoms with Crippen LogP contribution >= 0.6 is 0 Å². The standard InChI is InChI=1S/C22H23N7O2/c1-29(2)11-6-12-30-18-10-9-16(13-24-18)17-14-25-20(23)19(26-17)22-28-27-21(31-22)15-7-4-3-5-8-15/h3-5,7-10,13-14H,6,11-12H2,1-2H3,(H2,23,25). The molecule has 0 saturated heterocycles. The lowest BCUT2D eigenvalue weighted by atomic mass is 10.2. The fraction of sp³-hybridized carbons (Fsp3) is 0.227. The second-order valence-corrected chi connectivity index (χ2v) is 7.16. The normalized spacial score (nSPS) is 11.1. The van der Waals surface area contributed by atoms with E-state index in [1.807, 2.05) is 56.6 Å². The summed E-state index contributed by atoms with van der Waals surface area (Å²) in [5.74, 6) is 1.37. The van der Waals surface area contributed by atoms with Crippen molar-refractivity contribution in [3.63, 3.8) is 0 Å². The van der Waals surface area contributed by atoms with Gasteiger partial charge in [-0.2, -0.15) is 0 Å². The molecule has 3 heterocycles. The van der Waals surface area contributed by atoms with E-state index < -0.39 is 0 Å². The Bertz CT molecular complexity index is 1130. The highest BCUT2D eigenvalue weighted by atomic mass is 16.5. The second kappa shape index (κ2) is 9.31. The fourth-order valence-electron chi connectivity index (χ4n) is 2.89. The lowest BCUT2D eigenvalue weighted by molar-refractivity contribution is 0.273. The highest BCUT2D eigenvalue weighted by Gasteiger charge is 2.17. The SMILES string of the molecule is CN(C)CCCOc1ccc(-c2cnc(N)c(-c3nnc(-c4ccccc4)o3)n2)cn1. The third-order valence-corrected chi connectivity index (χ3v) is 4.48. The summed E-state index contributed by atoms with van der Waals surface area (Å²) in [5, 5.41) is 8.18. The summed E-state index contributed by atoms with van der Waals surface area (Å²) in [6.45, 7) is 1.57. The smallest absolute Gasteiger partial charge is 0.270 e. The average Bonchev–Trinajstić information content (AvgIpc) is 3.28. The lowest BCUT2D eigenvalue weighted by Crippen LogP contribution is -2.15. The van der Waals surface area contributed by atoms with Crippen molar-refractivity contribution < 1.29 is 9.15 Å². The highest BCUT2D eigenvalue weighted by molar-refractivity contribution is 5.68. The average molecular weight is 417 g/mol. The topological polar surface area (TPSA) is 116 Å². The van der Waals surface area contributed by atoms with E-state index in [0.717, 1.165) is 24.1 Å². The number of hydrogen-bond acceptors (Lipinski definition) is 9. The van der Waals surface area contributed by atoms with Gasteiger partial charge in [0.2, 0.25) is 11.8 Å². The monoisotopic (exact) mass is 417 g/mol. The van der Waals surface area contributed by atoms with Gasteiger partial charge in [-0.1, -0.05) is 18.2 Å². The van der Waals surface area contributed by atoms with Crippen molar-refractivity contribution in [1.29, 1.82) is 0 Å². The van der Waals surface area contributed by atoms with Crippen LogP contribution in [0.25, 0.3) is 34.3 Å². The van der Waals surface area contributed by atoms with E-state index in [1.54, 1.807) is 12.4 Å². The van der Waals surface area contributed by atoms with E-state index >= 15 is 0 Å². The zero-order valence-corrected chi connectivity index (χ0v) is 17.4. The molecule has 0 saturated carbocycles. The van der Waals surface area contributed by atoms with Gasteiger partial charge in [0.1, 0.15) is 0 Å². The number of nitrogens with zero attached hydrogens (tertiary/aromatic N) is 6. The maximum Gasteiger partial charge on any atom is 0.270 e. The van der Waals surface area contributed by atoms with Gasteiger partial charge >= 0.3 is 0 Å². The van der Waals surface area contributed by atoms with Gasteiger partial charge in [-0.25, -0.2) is 15.0 Å². The molecule has 2 N–H and O–H groups in total. The van der Waals surface area contributed by atoms with Gasteiger partial charge in [-0.3, -0.25) is 0 Å². The summed E-state index contributed by atoms with van der Waals surface area (Å²) in [7, 11) is 4.07. The Balaban J connectivity index is 1.51. The van der Waals surface area contributed by atoms with Gasteiger partial charge in [-0.05, 0) is 38.7 Å². The molecule has 0 spiro atoms. The minimum absolute atomic E-state index is 0.208. The van der Waals surface area contributed by atoms with Crippen molar-refractivity contribution in [2.75, 3.05) is 33.0 Å². The molecule has 4 aromatic rings. The number of benzene rings is 1. The molecule has 0 amide bonds. The summed E-state index contributed by atoms with van der Waals surface area (Å²) in [4.78, 5) is 15.3. The van der Waals surface area contributed by atoms with Crippen LogP contribution in [0.4, 0.5) is 5.82 Å². The molecule has 4 rings (SSSR count). The molecule has 9 nitrogen and oxygen atoms in total. The molecular weight excluding hydrogens is 394 g/mol. The number of nitrogen functional groups attached to an aromatic ring is 1. The largest absolute Gasteiger partial charge is 0.478 e. The molecule has 0 bridgehead atoms. The summed E-state index contributed by atoms with van der Waals surface area (Å²) in [5.41, 5.74) is 8.53. The molecule has 0 aliphatic rings. The van der Waals surface area contributed by atoms with Crippen LogP contribution in [0.5, 0.6) is 5.88 Å². The fourth-order valence-corrected chi connectivity index (χ4v) is 2.89. The van der Waals surface area contributed by atoms with Crippen molar-refractivity contribution >= 4 is 5.82 Å². The first-order chi connectivity index (χ1) is 15.1. The summed E-state index contributed by atoms with van der Waals surface area (Å²) in [6, 6.07) is 13.2. The van der Waals surface area contributed by atoms with Gasteiger partial charge in [0.25, 0.3) is 5.89 Å². The second-order valence-electron chi connectivity index (χ2n) is 7.16. The first kappa shape index (κ1) is 20.4. The third kappa shape index (κ3) is 5.01. The Hall–Kier alpha value is -3.85. The number of anilines is 1. The minimum Gasteiger partial charge on any atom is -0.478 e. The summed E-state index contributed by atoms with van der Waals surface area (Å²) >= 11 is 0. The predicted octanol–water partition coefficient (Wildman–Crippen LogP) is 3.17.